The number of aryl methyl sites for hydroxylation is 1. The number of hydrogen-bond acceptors (Lipinski definition) is 3. The van der Waals surface area contributed by atoms with Gasteiger partial charge in [0.1, 0.15) is 0 Å². The fourth-order valence-electron chi connectivity index (χ4n) is 2.04. The minimum atomic E-state index is -0.122. The summed E-state index contributed by atoms with van der Waals surface area (Å²) in [5.41, 5.74) is 1.65. The van der Waals surface area contributed by atoms with Gasteiger partial charge in [-0.15, -0.1) is 0 Å². The number of nitrogens with zero attached hydrogens (tertiary/aromatic N) is 1. The second-order valence-corrected chi connectivity index (χ2v) is 5.55. The van der Waals surface area contributed by atoms with E-state index in [4.69, 9.17) is 16.3 Å². The van der Waals surface area contributed by atoms with Gasteiger partial charge < -0.3 is 15.0 Å². The van der Waals surface area contributed by atoms with E-state index >= 15 is 0 Å². The van der Waals surface area contributed by atoms with Gasteiger partial charge in [0.15, 0.2) is 0 Å². The Morgan fingerprint density at radius 1 is 1.32 bits per heavy atom. The number of hydrogen-bond donors (Lipinski definition) is 1. The monoisotopic (exact) mass is 326 g/mol. The molecule has 0 aliphatic heterocycles. The van der Waals surface area contributed by atoms with Crippen LogP contribution in [0.25, 0.3) is 0 Å². The van der Waals surface area contributed by atoms with Crippen molar-refractivity contribution in [1.82, 2.24) is 4.90 Å². The number of carbonyl (C=O) groups is 2. The van der Waals surface area contributed by atoms with E-state index in [1.807, 2.05) is 6.92 Å². The highest BCUT2D eigenvalue weighted by Gasteiger charge is 2.11. The number of ether oxygens (including phenoxy) is 1. The topological polar surface area (TPSA) is 58.6 Å². The SMILES string of the molecule is COCCCN(CCC(=O)Nc1ccc(Cl)cc1C)C(C)=O. The molecule has 1 rings (SSSR count). The van der Waals surface area contributed by atoms with Crippen molar-refractivity contribution in [2.45, 2.75) is 26.7 Å². The summed E-state index contributed by atoms with van der Waals surface area (Å²) in [7, 11) is 1.63. The van der Waals surface area contributed by atoms with Crippen LogP contribution in [-0.2, 0) is 14.3 Å². The fraction of sp³-hybridized carbons (Fsp3) is 0.500. The summed E-state index contributed by atoms with van der Waals surface area (Å²) in [5.74, 6) is -0.157. The lowest BCUT2D eigenvalue weighted by molar-refractivity contribution is -0.129. The molecule has 0 aliphatic carbocycles. The first-order valence-electron chi connectivity index (χ1n) is 7.24. The average molecular weight is 327 g/mol. The van der Waals surface area contributed by atoms with Gasteiger partial charge in [-0.1, -0.05) is 11.6 Å². The Bertz CT molecular complexity index is 520. The van der Waals surface area contributed by atoms with E-state index in [1.165, 1.54) is 6.92 Å². The molecule has 0 saturated carbocycles. The van der Waals surface area contributed by atoms with Crippen LogP contribution in [0.2, 0.25) is 5.02 Å². The molecule has 0 radical (unpaired) electrons. The van der Waals surface area contributed by atoms with Gasteiger partial charge in [0, 0.05) is 50.9 Å². The Hall–Kier alpha value is -1.59. The van der Waals surface area contributed by atoms with E-state index in [0.29, 0.717) is 24.7 Å². The lowest BCUT2D eigenvalue weighted by atomic mass is 10.2. The van der Waals surface area contributed by atoms with Crippen molar-refractivity contribution < 1.29 is 14.3 Å². The van der Waals surface area contributed by atoms with Crippen molar-refractivity contribution >= 4 is 29.1 Å². The third-order valence-electron chi connectivity index (χ3n) is 3.29. The molecule has 1 N–H and O–H groups in total. The summed E-state index contributed by atoms with van der Waals surface area (Å²) >= 11 is 5.88. The van der Waals surface area contributed by atoms with E-state index in [-0.39, 0.29) is 18.2 Å². The minimum absolute atomic E-state index is 0.0356. The van der Waals surface area contributed by atoms with Crippen molar-refractivity contribution in [3.05, 3.63) is 28.8 Å². The number of methoxy groups -OCH3 is 1. The molecule has 122 valence electrons. The average Bonchev–Trinajstić information content (AvgIpc) is 2.45. The molecule has 0 aromatic heterocycles. The van der Waals surface area contributed by atoms with Crippen molar-refractivity contribution in [2.75, 3.05) is 32.1 Å². The second-order valence-electron chi connectivity index (χ2n) is 5.11. The van der Waals surface area contributed by atoms with Crippen molar-refractivity contribution in [1.29, 1.82) is 0 Å². The maximum Gasteiger partial charge on any atom is 0.226 e. The predicted octanol–water partition coefficient (Wildman–Crippen LogP) is 2.86. The molecule has 0 saturated heterocycles. The summed E-state index contributed by atoms with van der Waals surface area (Å²) in [5, 5.41) is 3.47. The number of nitrogens with one attached hydrogen (secondary N) is 1. The molecule has 0 spiro atoms. The number of amides is 2. The lowest BCUT2D eigenvalue weighted by Gasteiger charge is -2.20. The molecule has 0 unspecified atom stereocenters. The van der Waals surface area contributed by atoms with E-state index in [1.54, 1.807) is 30.2 Å². The third kappa shape index (κ3) is 6.45. The summed E-state index contributed by atoms with van der Waals surface area (Å²) < 4.78 is 4.97. The largest absolute Gasteiger partial charge is 0.385 e. The highest BCUT2D eigenvalue weighted by Crippen LogP contribution is 2.19. The Balaban J connectivity index is 2.47. The van der Waals surface area contributed by atoms with Crippen molar-refractivity contribution in [2.24, 2.45) is 0 Å². The molecule has 5 nitrogen and oxygen atoms in total. The molecule has 1 aromatic rings. The molecular formula is C16H23ClN2O3. The first-order chi connectivity index (χ1) is 10.4. The zero-order valence-corrected chi connectivity index (χ0v) is 14.1. The van der Waals surface area contributed by atoms with E-state index in [2.05, 4.69) is 5.32 Å². The summed E-state index contributed by atoms with van der Waals surface area (Å²) in [6, 6.07) is 5.30. The van der Waals surface area contributed by atoms with Crippen LogP contribution < -0.4 is 5.32 Å². The number of benzene rings is 1. The first kappa shape index (κ1) is 18.5. The van der Waals surface area contributed by atoms with Crippen LogP contribution in [0.4, 0.5) is 5.69 Å². The van der Waals surface area contributed by atoms with Crippen LogP contribution in [0.15, 0.2) is 18.2 Å². The van der Waals surface area contributed by atoms with Gasteiger partial charge in [0.05, 0.1) is 0 Å². The smallest absolute Gasteiger partial charge is 0.226 e. The zero-order valence-electron chi connectivity index (χ0n) is 13.3. The van der Waals surface area contributed by atoms with E-state index < -0.39 is 0 Å². The zero-order chi connectivity index (χ0) is 16.5. The Morgan fingerprint density at radius 2 is 2.05 bits per heavy atom. The highest BCUT2D eigenvalue weighted by atomic mass is 35.5. The normalized spacial score (nSPS) is 10.4. The molecule has 0 bridgehead atoms. The second kappa shape index (κ2) is 9.43. The van der Waals surface area contributed by atoms with Gasteiger partial charge in [-0.2, -0.15) is 0 Å². The Labute approximate surface area is 136 Å². The van der Waals surface area contributed by atoms with Gasteiger partial charge in [0.2, 0.25) is 11.8 Å². The van der Waals surface area contributed by atoms with Crippen LogP contribution >= 0.6 is 11.6 Å². The highest BCUT2D eigenvalue weighted by molar-refractivity contribution is 6.30. The molecule has 0 aliphatic rings. The Kier molecular flexibility index (Phi) is 7.91. The Morgan fingerprint density at radius 3 is 2.64 bits per heavy atom. The lowest BCUT2D eigenvalue weighted by Crippen LogP contribution is -2.33. The maximum atomic E-state index is 12.0. The molecule has 0 fully saturated rings. The predicted molar refractivity (Wildman–Crippen MR) is 88.2 cm³/mol. The molecule has 2 amide bonds. The number of rotatable bonds is 8. The van der Waals surface area contributed by atoms with Crippen molar-refractivity contribution in [3.63, 3.8) is 0 Å². The van der Waals surface area contributed by atoms with Crippen LogP contribution in [0, 0.1) is 6.92 Å². The summed E-state index contributed by atoms with van der Waals surface area (Å²) in [6.07, 6.45) is 1.02. The van der Waals surface area contributed by atoms with Crippen LogP contribution in [0.5, 0.6) is 0 Å². The maximum absolute atomic E-state index is 12.0. The summed E-state index contributed by atoms with van der Waals surface area (Å²) in [6.45, 7) is 4.98. The van der Waals surface area contributed by atoms with Crippen LogP contribution in [-0.4, -0.2) is 43.5 Å². The van der Waals surface area contributed by atoms with Gasteiger partial charge in [-0.3, -0.25) is 9.59 Å². The molecule has 22 heavy (non-hydrogen) atoms. The third-order valence-corrected chi connectivity index (χ3v) is 3.53. The van der Waals surface area contributed by atoms with Crippen LogP contribution in [0.3, 0.4) is 0 Å². The van der Waals surface area contributed by atoms with Crippen LogP contribution in [0.1, 0.15) is 25.3 Å². The van der Waals surface area contributed by atoms with Gasteiger partial charge >= 0.3 is 0 Å². The van der Waals surface area contributed by atoms with E-state index in [9.17, 15) is 9.59 Å². The molecular weight excluding hydrogens is 304 g/mol. The van der Waals surface area contributed by atoms with Gasteiger partial charge in [-0.25, -0.2) is 0 Å². The van der Waals surface area contributed by atoms with Crippen molar-refractivity contribution in [3.8, 4) is 0 Å². The number of anilines is 1. The summed E-state index contributed by atoms with van der Waals surface area (Å²) in [4.78, 5) is 25.2. The quantitative estimate of drug-likeness (QED) is 0.747. The molecule has 1 aromatic carbocycles. The standard InChI is InChI=1S/C16H23ClN2O3/c1-12-11-14(17)5-6-15(12)18-16(21)7-9-19(13(2)20)8-4-10-22-3/h5-6,11H,4,7-10H2,1-3H3,(H,18,21). The molecule has 0 atom stereocenters. The van der Waals surface area contributed by atoms with E-state index in [0.717, 1.165) is 17.7 Å². The number of carbonyl (C=O) groups excluding carboxylic acids is 2. The molecule has 0 heterocycles. The number of halogens is 1. The first-order valence-corrected chi connectivity index (χ1v) is 7.62. The molecule has 6 heteroatoms. The van der Waals surface area contributed by atoms with Gasteiger partial charge in [-0.05, 0) is 37.1 Å². The fourth-order valence-corrected chi connectivity index (χ4v) is 2.27. The minimum Gasteiger partial charge on any atom is -0.385 e. The van der Waals surface area contributed by atoms with Gasteiger partial charge in [0.25, 0.3) is 0 Å².